The third-order valence-electron chi connectivity index (χ3n) is 5.92. The van der Waals surface area contributed by atoms with Gasteiger partial charge in [0.15, 0.2) is 11.9 Å². The average molecular weight is 436 g/mol. The van der Waals surface area contributed by atoms with Crippen LogP contribution in [0.2, 0.25) is 0 Å². The van der Waals surface area contributed by atoms with E-state index in [0.29, 0.717) is 5.76 Å². The van der Waals surface area contributed by atoms with Gasteiger partial charge in [0.2, 0.25) is 5.91 Å². The molecule has 31 heavy (non-hydrogen) atoms. The summed E-state index contributed by atoms with van der Waals surface area (Å²) in [5.74, 6) is -0.830. The summed E-state index contributed by atoms with van der Waals surface area (Å²) in [5, 5.41) is 8.78. The molecule has 7 heteroatoms. The van der Waals surface area contributed by atoms with Crippen LogP contribution in [0.4, 0.5) is 4.79 Å². The first-order chi connectivity index (χ1) is 14.9. The van der Waals surface area contributed by atoms with Gasteiger partial charge >= 0.3 is 6.09 Å². The number of allylic oxidation sites excluding steroid dienone is 2. The minimum atomic E-state index is -0.934. The SMILES string of the molecule is CC(C)C1COC(=O)N1C(=O)C(C)C1OC(=CCCCCCCCCCO)C=CC1=O. The Kier molecular flexibility index (Phi) is 10.2. The van der Waals surface area contributed by atoms with Crippen LogP contribution in [0.3, 0.4) is 0 Å². The Hall–Kier alpha value is -2.15. The van der Waals surface area contributed by atoms with Crippen LogP contribution < -0.4 is 0 Å². The maximum Gasteiger partial charge on any atom is 0.416 e. The van der Waals surface area contributed by atoms with Crippen LogP contribution >= 0.6 is 0 Å². The zero-order chi connectivity index (χ0) is 22.8. The van der Waals surface area contributed by atoms with Crippen molar-refractivity contribution in [3.8, 4) is 0 Å². The third-order valence-corrected chi connectivity index (χ3v) is 5.92. The lowest BCUT2D eigenvalue weighted by atomic mass is 9.95. The molecule has 0 radical (unpaired) electrons. The highest BCUT2D eigenvalue weighted by molar-refractivity contribution is 6.01. The predicted molar refractivity (Wildman–Crippen MR) is 117 cm³/mol. The van der Waals surface area contributed by atoms with Crippen LogP contribution in [-0.4, -0.2) is 53.1 Å². The van der Waals surface area contributed by atoms with Gasteiger partial charge in [-0.15, -0.1) is 0 Å². The number of hydrogen-bond acceptors (Lipinski definition) is 6. The first kappa shape index (κ1) is 25.1. The first-order valence-corrected chi connectivity index (χ1v) is 11.6. The van der Waals surface area contributed by atoms with Crippen LogP contribution in [0.1, 0.15) is 72.1 Å². The molecular formula is C24H37NO6. The van der Waals surface area contributed by atoms with Crippen molar-refractivity contribution < 1.29 is 29.0 Å². The summed E-state index contributed by atoms with van der Waals surface area (Å²) in [6.45, 7) is 5.94. The molecule has 1 fully saturated rings. The van der Waals surface area contributed by atoms with Gasteiger partial charge in [0, 0.05) is 6.61 Å². The molecule has 0 aromatic rings. The van der Waals surface area contributed by atoms with E-state index < -0.39 is 24.0 Å². The molecule has 2 aliphatic heterocycles. The van der Waals surface area contributed by atoms with Crippen molar-refractivity contribution in [3.05, 3.63) is 24.0 Å². The van der Waals surface area contributed by atoms with E-state index in [1.807, 2.05) is 19.9 Å². The smallest absolute Gasteiger partial charge is 0.416 e. The summed E-state index contributed by atoms with van der Waals surface area (Å²) >= 11 is 0. The number of carbonyl (C=O) groups excluding carboxylic acids is 3. The van der Waals surface area contributed by atoms with E-state index in [4.69, 9.17) is 14.6 Å². The standard InChI is InChI=1S/C24H37NO6/c1-17(2)20-16-30-24(29)25(20)23(28)18(3)22-21(27)14-13-19(31-22)12-10-8-6-4-5-7-9-11-15-26/h12-14,17-18,20,22,26H,4-11,15-16H2,1-3H3. The van der Waals surface area contributed by atoms with E-state index >= 15 is 0 Å². The summed E-state index contributed by atoms with van der Waals surface area (Å²) in [6, 6.07) is -0.324. The normalized spacial score (nSPS) is 23.4. The van der Waals surface area contributed by atoms with E-state index in [1.54, 1.807) is 13.0 Å². The number of ketones is 1. The monoisotopic (exact) mass is 435 g/mol. The lowest BCUT2D eigenvalue weighted by Crippen LogP contribution is -2.48. The minimum absolute atomic E-state index is 0.0654. The van der Waals surface area contributed by atoms with Crippen LogP contribution in [0.25, 0.3) is 0 Å². The van der Waals surface area contributed by atoms with Crippen molar-refractivity contribution in [2.24, 2.45) is 11.8 Å². The van der Waals surface area contributed by atoms with Crippen LogP contribution in [0.15, 0.2) is 24.0 Å². The molecule has 0 aromatic carbocycles. The molecule has 0 aromatic heterocycles. The van der Waals surface area contributed by atoms with Gasteiger partial charge < -0.3 is 14.6 Å². The van der Waals surface area contributed by atoms with Gasteiger partial charge in [0.05, 0.1) is 12.0 Å². The van der Waals surface area contributed by atoms with Crippen LogP contribution in [0, 0.1) is 11.8 Å². The number of rotatable bonds is 12. The molecule has 2 rings (SSSR count). The number of imide groups is 1. The van der Waals surface area contributed by atoms with Crippen molar-refractivity contribution in [2.75, 3.05) is 13.2 Å². The van der Waals surface area contributed by atoms with E-state index in [2.05, 4.69) is 0 Å². The van der Waals surface area contributed by atoms with Crippen molar-refractivity contribution in [1.82, 2.24) is 4.90 Å². The molecule has 3 unspecified atom stereocenters. The number of cyclic esters (lactones) is 1. The Morgan fingerprint density at radius 2 is 1.74 bits per heavy atom. The second-order valence-electron chi connectivity index (χ2n) is 8.75. The molecule has 2 heterocycles. The number of aliphatic hydroxyl groups is 1. The van der Waals surface area contributed by atoms with E-state index in [0.717, 1.165) is 43.4 Å². The van der Waals surface area contributed by atoms with E-state index in [1.165, 1.54) is 18.9 Å². The fourth-order valence-electron chi connectivity index (χ4n) is 3.88. The van der Waals surface area contributed by atoms with Crippen molar-refractivity contribution in [3.63, 3.8) is 0 Å². The molecule has 0 aliphatic carbocycles. The van der Waals surface area contributed by atoms with Crippen molar-refractivity contribution in [2.45, 2.75) is 84.3 Å². The fourth-order valence-corrected chi connectivity index (χ4v) is 3.88. The topological polar surface area (TPSA) is 93.1 Å². The molecular weight excluding hydrogens is 398 g/mol. The Bertz CT molecular complexity index is 684. The zero-order valence-electron chi connectivity index (χ0n) is 19.0. The zero-order valence-corrected chi connectivity index (χ0v) is 19.0. The quantitative estimate of drug-likeness (QED) is 0.463. The number of carbonyl (C=O) groups is 3. The predicted octanol–water partition coefficient (Wildman–Crippen LogP) is 4.15. The number of nitrogens with zero attached hydrogens (tertiary/aromatic N) is 1. The number of unbranched alkanes of at least 4 members (excludes halogenated alkanes) is 7. The van der Waals surface area contributed by atoms with Crippen molar-refractivity contribution >= 4 is 17.8 Å². The van der Waals surface area contributed by atoms with Gasteiger partial charge in [-0.3, -0.25) is 9.59 Å². The Morgan fingerprint density at radius 1 is 1.10 bits per heavy atom. The van der Waals surface area contributed by atoms with Gasteiger partial charge in [-0.1, -0.05) is 46.0 Å². The Morgan fingerprint density at radius 3 is 2.39 bits per heavy atom. The summed E-state index contributed by atoms with van der Waals surface area (Å²) in [5.41, 5.74) is 0. The largest absolute Gasteiger partial charge is 0.482 e. The molecule has 7 nitrogen and oxygen atoms in total. The number of hydrogen-bond donors (Lipinski definition) is 1. The Balaban J connectivity index is 1.85. The third kappa shape index (κ3) is 7.20. The highest BCUT2D eigenvalue weighted by atomic mass is 16.6. The number of amides is 2. The second-order valence-corrected chi connectivity index (χ2v) is 8.75. The van der Waals surface area contributed by atoms with Gasteiger partial charge in [-0.05, 0) is 50.3 Å². The molecule has 3 atom stereocenters. The summed E-state index contributed by atoms with van der Waals surface area (Å²) in [7, 11) is 0. The second kappa shape index (κ2) is 12.6. The summed E-state index contributed by atoms with van der Waals surface area (Å²) in [4.78, 5) is 38.6. The lowest BCUT2D eigenvalue weighted by Gasteiger charge is -2.30. The maximum atomic E-state index is 13.0. The van der Waals surface area contributed by atoms with E-state index in [9.17, 15) is 14.4 Å². The molecule has 174 valence electrons. The van der Waals surface area contributed by atoms with Gasteiger partial charge in [-0.25, -0.2) is 9.69 Å². The molecule has 0 saturated carbocycles. The van der Waals surface area contributed by atoms with Gasteiger partial charge in [0.25, 0.3) is 0 Å². The molecule has 0 spiro atoms. The highest BCUT2D eigenvalue weighted by Gasteiger charge is 2.44. The molecule has 2 amide bonds. The molecule has 2 aliphatic rings. The van der Waals surface area contributed by atoms with Crippen LogP contribution in [-0.2, 0) is 19.1 Å². The average Bonchev–Trinajstić information content (AvgIpc) is 3.14. The summed E-state index contributed by atoms with van der Waals surface area (Å²) in [6.07, 6.45) is 11.9. The Labute approximate surface area is 185 Å². The van der Waals surface area contributed by atoms with Gasteiger partial charge in [0.1, 0.15) is 12.4 Å². The van der Waals surface area contributed by atoms with Crippen molar-refractivity contribution in [1.29, 1.82) is 0 Å². The summed E-state index contributed by atoms with van der Waals surface area (Å²) < 4.78 is 10.9. The maximum absolute atomic E-state index is 13.0. The molecule has 1 N–H and O–H groups in total. The molecule has 0 bridgehead atoms. The fraction of sp³-hybridized carbons (Fsp3) is 0.708. The first-order valence-electron chi connectivity index (χ1n) is 11.6. The number of aliphatic hydroxyl groups excluding tert-OH is 1. The van der Waals surface area contributed by atoms with E-state index in [-0.39, 0.29) is 31.0 Å². The van der Waals surface area contributed by atoms with Gasteiger partial charge in [-0.2, -0.15) is 0 Å². The lowest BCUT2D eigenvalue weighted by molar-refractivity contribution is -0.143. The molecule has 1 saturated heterocycles. The highest BCUT2D eigenvalue weighted by Crippen LogP contribution is 2.26. The minimum Gasteiger partial charge on any atom is -0.482 e. The van der Waals surface area contributed by atoms with Crippen LogP contribution in [0.5, 0.6) is 0 Å². The number of ether oxygens (including phenoxy) is 2.